The Hall–Kier alpha value is -0.660. The van der Waals surface area contributed by atoms with Gasteiger partial charge in [0.2, 0.25) is 10.0 Å². The standard InChI is InChI=1S/C16H26N2O3S.ClH/c1-13-4-5-16(12-14(13)2)22(19,20)18-9-6-15(7-10-18)21-11-3-8-17;/h4-5,12,15H,3,6-11,17H2,1-2H3;1H. The van der Waals surface area contributed by atoms with Gasteiger partial charge < -0.3 is 10.5 Å². The lowest BCUT2D eigenvalue weighted by atomic mass is 10.1. The predicted molar refractivity (Wildman–Crippen MR) is 94.6 cm³/mol. The average Bonchev–Trinajstić information content (AvgIpc) is 2.51. The number of rotatable bonds is 6. The lowest BCUT2D eigenvalue weighted by Gasteiger charge is -2.31. The molecule has 132 valence electrons. The number of hydrogen-bond donors (Lipinski definition) is 1. The number of nitrogens with zero attached hydrogens (tertiary/aromatic N) is 1. The van der Waals surface area contributed by atoms with E-state index in [9.17, 15) is 8.42 Å². The van der Waals surface area contributed by atoms with Gasteiger partial charge in [0.25, 0.3) is 0 Å². The summed E-state index contributed by atoms with van der Waals surface area (Å²) in [6, 6.07) is 5.32. The highest BCUT2D eigenvalue weighted by molar-refractivity contribution is 7.89. The molecule has 2 rings (SSSR count). The Morgan fingerprint density at radius 2 is 1.87 bits per heavy atom. The summed E-state index contributed by atoms with van der Waals surface area (Å²) in [5.74, 6) is 0. The van der Waals surface area contributed by atoms with Crippen LogP contribution >= 0.6 is 12.4 Å². The third kappa shape index (κ3) is 5.16. The van der Waals surface area contributed by atoms with Gasteiger partial charge in [-0.05, 0) is 62.9 Å². The molecule has 1 heterocycles. The summed E-state index contributed by atoms with van der Waals surface area (Å²) >= 11 is 0. The van der Waals surface area contributed by atoms with Gasteiger partial charge in [-0.15, -0.1) is 12.4 Å². The van der Waals surface area contributed by atoms with Crippen LogP contribution in [0.5, 0.6) is 0 Å². The van der Waals surface area contributed by atoms with Gasteiger partial charge in [0.15, 0.2) is 0 Å². The number of halogens is 1. The third-order valence-electron chi connectivity index (χ3n) is 4.22. The molecule has 0 saturated carbocycles. The highest BCUT2D eigenvalue weighted by atomic mass is 35.5. The molecule has 0 aromatic heterocycles. The molecule has 23 heavy (non-hydrogen) atoms. The number of ether oxygens (including phenoxy) is 1. The quantitative estimate of drug-likeness (QED) is 0.788. The van der Waals surface area contributed by atoms with E-state index in [4.69, 9.17) is 10.5 Å². The van der Waals surface area contributed by atoms with Crippen LogP contribution in [0.15, 0.2) is 23.1 Å². The normalized spacial score (nSPS) is 17.0. The molecule has 0 atom stereocenters. The first-order chi connectivity index (χ1) is 10.4. The molecule has 0 radical (unpaired) electrons. The average molecular weight is 363 g/mol. The number of nitrogens with two attached hydrogens (primary N) is 1. The summed E-state index contributed by atoms with van der Waals surface area (Å²) in [6.45, 7) is 6.23. The molecule has 1 aliphatic heterocycles. The number of sulfonamides is 1. The number of hydrogen-bond acceptors (Lipinski definition) is 4. The second-order valence-electron chi connectivity index (χ2n) is 5.86. The Kier molecular flexibility index (Phi) is 7.97. The summed E-state index contributed by atoms with van der Waals surface area (Å²) in [5, 5.41) is 0. The van der Waals surface area contributed by atoms with Crippen molar-refractivity contribution in [1.82, 2.24) is 4.31 Å². The number of benzene rings is 1. The first-order valence-electron chi connectivity index (χ1n) is 7.84. The van der Waals surface area contributed by atoms with Gasteiger partial charge in [-0.1, -0.05) is 6.07 Å². The maximum atomic E-state index is 12.7. The SMILES string of the molecule is Cc1ccc(S(=O)(=O)N2CCC(OCCCN)CC2)cc1C.Cl. The monoisotopic (exact) mass is 362 g/mol. The van der Waals surface area contributed by atoms with Crippen LogP contribution in [0, 0.1) is 13.8 Å². The van der Waals surface area contributed by atoms with Crippen molar-refractivity contribution in [2.75, 3.05) is 26.2 Å². The van der Waals surface area contributed by atoms with Gasteiger partial charge in [0.05, 0.1) is 11.0 Å². The van der Waals surface area contributed by atoms with Crippen LogP contribution in [-0.4, -0.2) is 45.1 Å². The van der Waals surface area contributed by atoms with Crippen LogP contribution < -0.4 is 5.73 Å². The van der Waals surface area contributed by atoms with E-state index in [0.29, 0.717) is 31.1 Å². The Balaban J connectivity index is 0.00000264. The minimum atomic E-state index is -3.39. The molecule has 5 nitrogen and oxygen atoms in total. The van der Waals surface area contributed by atoms with Gasteiger partial charge in [0, 0.05) is 19.7 Å². The minimum absolute atomic E-state index is 0. The first-order valence-corrected chi connectivity index (χ1v) is 9.28. The van der Waals surface area contributed by atoms with E-state index in [0.717, 1.165) is 30.4 Å². The second-order valence-corrected chi connectivity index (χ2v) is 7.80. The van der Waals surface area contributed by atoms with Gasteiger partial charge >= 0.3 is 0 Å². The highest BCUT2D eigenvalue weighted by Crippen LogP contribution is 2.23. The lowest BCUT2D eigenvalue weighted by Crippen LogP contribution is -2.41. The molecule has 0 unspecified atom stereocenters. The summed E-state index contributed by atoms with van der Waals surface area (Å²) in [6.07, 6.45) is 2.49. The molecule has 1 aliphatic rings. The molecule has 7 heteroatoms. The van der Waals surface area contributed by atoms with E-state index in [1.807, 2.05) is 19.9 Å². The summed E-state index contributed by atoms with van der Waals surface area (Å²) in [4.78, 5) is 0.387. The van der Waals surface area contributed by atoms with Gasteiger partial charge in [0.1, 0.15) is 0 Å². The number of piperidine rings is 1. The fraction of sp³-hybridized carbons (Fsp3) is 0.625. The van der Waals surface area contributed by atoms with E-state index >= 15 is 0 Å². The molecule has 1 saturated heterocycles. The van der Waals surface area contributed by atoms with Crippen molar-refractivity contribution in [1.29, 1.82) is 0 Å². The van der Waals surface area contributed by atoms with Crippen molar-refractivity contribution >= 4 is 22.4 Å². The van der Waals surface area contributed by atoms with Crippen LogP contribution in [0.25, 0.3) is 0 Å². The van der Waals surface area contributed by atoms with Crippen LogP contribution in [0.2, 0.25) is 0 Å². The van der Waals surface area contributed by atoms with Crippen LogP contribution in [-0.2, 0) is 14.8 Å². The van der Waals surface area contributed by atoms with Crippen molar-refractivity contribution in [2.45, 2.75) is 44.1 Å². The maximum Gasteiger partial charge on any atom is 0.243 e. The maximum absolute atomic E-state index is 12.7. The molecule has 0 amide bonds. The predicted octanol–water partition coefficient (Wildman–Crippen LogP) is 2.24. The van der Waals surface area contributed by atoms with Gasteiger partial charge in [-0.2, -0.15) is 4.31 Å². The third-order valence-corrected chi connectivity index (χ3v) is 6.11. The lowest BCUT2D eigenvalue weighted by molar-refractivity contribution is 0.0209. The van der Waals surface area contributed by atoms with Crippen LogP contribution in [0.4, 0.5) is 0 Å². The van der Waals surface area contributed by atoms with E-state index < -0.39 is 10.0 Å². The molecule has 2 N–H and O–H groups in total. The van der Waals surface area contributed by atoms with Crippen molar-refractivity contribution in [3.05, 3.63) is 29.3 Å². The molecule has 0 bridgehead atoms. The Morgan fingerprint density at radius 3 is 2.43 bits per heavy atom. The molecule has 1 fully saturated rings. The summed E-state index contributed by atoms with van der Waals surface area (Å²) < 4.78 is 32.7. The molecule has 0 spiro atoms. The topological polar surface area (TPSA) is 72.6 Å². The van der Waals surface area contributed by atoms with Crippen molar-refractivity contribution in [3.8, 4) is 0 Å². The first kappa shape index (κ1) is 20.4. The zero-order valence-corrected chi connectivity index (χ0v) is 15.5. The van der Waals surface area contributed by atoms with Crippen LogP contribution in [0.1, 0.15) is 30.4 Å². The fourth-order valence-corrected chi connectivity index (χ4v) is 4.15. The Labute approximate surface area is 145 Å². The summed E-state index contributed by atoms with van der Waals surface area (Å²) in [7, 11) is -3.39. The van der Waals surface area contributed by atoms with Crippen molar-refractivity contribution < 1.29 is 13.2 Å². The van der Waals surface area contributed by atoms with Crippen LogP contribution in [0.3, 0.4) is 0 Å². The van der Waals surface area contributed by atoms with Gasteiger partial charge in [-0.25, -0.2) is 8.42 Å². The minimum Gasteiger partial charge on any atom is -0.378 e. The molecular weight excluding hydrogens is 336 g/mol. The molecule has 0 aliphatic carbocycles. The fourth-order valence-electron chi connectivity index (χ4n) is 2.60. The summed E-state index contributed by atoms with van der Waals surface area (Å²) in [5.41, 5.74) is 7.55. The highest BCUT2D eigenvalue weighted by Gasteiger charge is 2.29. The largest absolute Gasteiger partial charge is 0.378 e. The Bertz CT molecular complexity index is 599. The molecular formula is C16H27ClN2O3S. The van der Waals surface area contributed by atoms with Crippen molar-refractivity contribution in [2.24, 2.45) is 5.73 Å². The zero-order valence-electron chi connectivity index (χ0n) is 13.8. The van der Waals surface area contributed by atoms with E-state index in [2.05, 4.69) is 0 Å². The van der Waals surface area contributed by atoms with Crippen molar-refractivity contribution in [3.63, 3.8) is 0 Å². The smallest absolute Gasteiger partial charge is 0.243 e. The second kappa shape index (κ2) is 8.99. The molecule has 1 aromatic carbocycles. The van der Waals surface area contributed by atoms with E-state index in [1.54, 1.807) is 16.4 Å². The van der Waals surface area contributed by atoms with E-state index in [-0.39, 0.29) is 18.5 Å². The van der Waals surface area contributed by atoms with E-state index in [1.165, 1.54) is 0 Å². The Morgan fingerprint density at radius 1 is 1.22 bits per heavy atom. The van der Waals surface area contributed by atoms with Gasteiger partial charge in [-0.3, -0.25) is 0 Å². The number of aryl methyl sites for hydroxylation is 2. The molecule has 1 aromatic rings. The zero-order chi connectivity index (χ0) is 16.2.